The number of halogens is 1. The molecule has 11 nitrogen and oxygen atoms in total. The van der Waals surface area contributed by atoms with Gasteiger partial charge in [-0.15, -0.1) is 22.7 Å². The second kappa shape index (κ2) is 59.8. The first kappa shape index (κ1) is 125. The summed E-state index contributed by atoms with van der Waals surface area (Å²) in [4.78, 5) is 18.3. The van der Waals surface area contributed by atoms with E-state index >= 15 is 0 Å². The summed E-state index contributed by atoms with van der Waals surface area (Å²) in [6.45, 7) is 72.1. The number of fused-ring (bicyclic) bond motifs is 1. The number of benzene rings is 5. The van der Waals surface area contributed by atoms with Crippen LogP contribution < -0.4 is 14.2 Å². The van der Waals surface area contributed by atoms with Gasteiger partial charge in [0.25, 0.3) is 0 Å². The Morgan fingerprint density at radius 1 is 0.469 bits per heavy atom. The minimum Gasteiger partial charge on any atom is -0.508 e. The number of hydrogen-bond acceptors (Lipinski definition) is 13. The minimum atomic E-state index is -0.274. The second-order valence-electron chi connectivity index (χ2n) is 51.5. The first-order valence-electron chi connectivity index (χ1n) is 57.4. The molecule has 2 saturated heterocycles. The average molecular weight is 2050 g/mol. The van der Waals surface area contributed by atoms with Crippen molar-refractivity contribution in [3.05, 3.63) is 247 Å². The monoisotopic (exact) mass is 2050 g/mol. The highest BCUT2D eigenvalue weighted by Crippen LogP contribution is 2.70. The van der Waals surface area contributed by atoms with Gasteiger partial charge in [-0.05, 0) is 370 Å². The van der Waals surface area contributed by atoms with Crippen LogP contribution in [0.1, 0.15) is 394 Å². The number of thiazole rings is 2. The third kappa shape index (κ3) is 39.4. The summed E-state index contributed by atoms with van der Waals surface area (Å²) in [5.41, 5.74) is 13.7. The molecule has 147 heavy (non-hydrogen) atoms. The molecule has 23 rings (SSSR count). The fourth-order valence-electron chi connectivity index (χ4n) is 25.1. The summed E-state index contributed by atoms with van der Waals surface area (Å²) in [6, 6.07) is 49.9. The van der Waals surface area contributed by atoms with E-state index in [9.17, 15) is 4.39 Å². The number of pyridine rings is 2. The molecule has 14 aliphatic rings. The van der Waals surface area contributed by atoms with Crippen LogP contribution in [0.15, 0.2) is 182 Å². The van der Waals surface area contributed by atoms with Crippen LogP contribution in [0.2, 0.25) is 6.32 Å². The van der Waals surface area contributed by atoms with Gasteiger partial charge in [-0.3, -0.25) is 9.97 Å². The van der Waals surface area contributed by atoms with Gasteiger partial charge in [0.15, 0.2) is 0 Å². The van der Waals surface area contributed by atoms with Gasteiger partial charge in [-0.2, -0.15) is 0 Å². The molecule has 4 unspecified atom stereocenters. The average Bonchev–Trinajstić information content (AvgIpc) is 1.62. The van der Waals surface area contributed by atoms with Gasteiger partial charge in [-0.25, -0.2) is 14.4 Å². The summed E-state index contributed by atoms with van der Waals surface area (Å²) in [5, 5.41) is 13.6. The number of para-hydroxylation sites is 1. The van der Waals surface area contributed by atoms with Gasteiger partial charge < -0.3 is 33.4 Å². The molecular formula is C132H204BFN4O7S2. The molecule has 8 atom stereocenters. The molecule has 0 spiro atoms. The molecule has 12 aliphatic carbocycles. The van der Waals surface area contributed by atoms with Crippen molar-refractivity contribution in [2.75, 3.05) is 34.5 Å². The van der Waals surface area contributed by atoms with E-state index in [2.05, 4.69) is 306 Å². The zero-order chi connectivity index (χ0) is 108. The molecule has 0 amide bonds. The Morgan fingerprint density at radius 2 is 1.00 bits per heavy atom. The summed E-state index contributed by atoms with van der Waals surface area (Å²) in [6.07, 6.45) is 38.9. The van der Waals surface area contributed by atoms with Crippen molar-refractivity contribution in [3.8, 4) is 23.0 Å². The summed E-state index contributed by atoms with van der Waals surface area (Å²) < 4.78 is 45.5. The molecule has 15 heteroatoms. The van der Waals surface area contributed by atoms with E-state index in [1.165, 1.54) is 106 Å². The lowest BCUT2D eigenvalue weighted by Gasteiger charge is -2.64. The highest BCUT2D eigenvalue weighted by molar-refractivity contribution is 7.11. The summed E-state index contributed by atoms with van der Waals surface area (Å²) in [7, 11) is 5.10. The van der Waals surface area contributed by atoms with E-state index < -0.39 is 0 Å². The molecule has 2 aliphatic heterocycles. The number of aromatic hydroxyl groups is 1. The van der Waals surface area contributed by atoms with Crippen LogP contribution in [-0.4, -0.2) is 78.4 Å². The van der Waals surface area contributed by atoms with Crippen molar-refractivity contribution in [3.63, 3.8) is 0 Å². The first-order chi connectivity index (χ1) is 69.4. The molecule has 6 heterocycles. The quantitative estimate of drug-likeness (QED) is 0.0652. The smallest absolute Gasteiger partial charge is 0.457 e. The van der Waals surface area contributed by atoms with E-state index in [1.807, 2.05) is 91.6 Å². The molecule has 13 fully saturated rings. The molecular weight excluding hydrogens is 1850 g/mol. The maximum atomic E-state index is 12.3. The van der Waals surface area contributed by atoms with Crippen LogP contribution in [-0.2, 0) is 59.0 Å². The fourth-order valence-corrected chi connectivity index (χ4v) is 27.1. The van der Waals surface area contributed by atoms with E-state index in [0.29, 0.717) is 70.0 Å². The van der Waals surface area contributed by atoms with Crippen LogP contribution in [0.3, 0.4) is 0 Å². The van der Waals surface area contributed by atoms with E-state index in [-0.39, 0.29) is 18.5 Å². The Labute approximate surface area is 905 Å². The summed E-state index contributed by atoms with van der Waals surface area (Å²) in [5.74, 6) is 19.0. The number of rotatable bonds is 22. The zero-order valence-electron chi connectivity index (χ0n) is 98.6. The minimum absolute atomic E-state index is 0.0161. The largest absolute Gasteiger partial charge is 0.508 e. The number of methoxy groups -OCH3 is 3. The van der Waals surface area contributed by atoms with Crippen molar-refractivity contribution in [1.82, 2.24) is 19.9 Å². The van der Waals surface area contributed by atoms with Gasteiger partial charge in [0.05, 0.1) is 68.2 Å². The lowest BCUT2D eigenvalue weighted by molar-refractivity contribution is -0.199. The Bertz CT molecular complexity index is 4990. The van der Waals surface area contributed by atoms with Crippen molar-refractivity contribution in [2.45, 2.75) is 398 Å². The number of nitrogens with zero attached hydrogens (tertiary/aromatic N) is 4. The van der Waals surface area contributed by atoms with Crippen LogP contribution in [0.5, 0.6) is 23.0 Å². The van der Waals surface area contributed by atoms with Gasteiger partial charge in [0.2, 0.25) is 0 Å². The Morgan fingerprint density at radius 3 is 1.42 bits per heavy atom. The number of aryl methyl sites for hydroxylation is 2. The van der Waals surface area contributed by atoms with Crippen LogP contribution in [0, 0.1) is 128 Å². The number of phenolic OH excluding ortho intramolecular Hbond substituents is 1. The molecule has 816 valence electrons. The van der Waals surface area contributed by atoms with Crippen LogP contribution in [0.25, 0.3) is 0 Å². The predicted molar refractivity (Wildman–Crippen MR) is 626 cm³/mol. The van der Waals surface area contributed by atoms with Gasteiger partial charge in [0, 0.05) is 58.4 Å². The molecule has 11 saturated carbocycles. The molecule has 4 aromatic heterocycles. The first-order valence-corrected chi connectivity index (χ1v) is 59.1. The van der Waals surface area contributed by atoms with Gasteiger partial charge >= 0.3 is 7.12 Å². The van der Waals surface area contributed by atoms with E-state index in [4.69, 9.17) is 33.4 Å². The van der Waals surface area contributed by atoms with Crippen molar-refractivity contribution in [2.24, 2.45) is 122 Å². The SMILES string of the molecule is CC(C)C1(C)COC1.CC(C)C12CC3CC(CC(C)(C3)C1)C2.CC(C)C12CC3CC(CC1C3)C2.CC(C)CB1O[C@@H]2C[C@@H]3C[C@@H](C3(C)C)[C@]2(C)O1.CC(C)Cc1ccc(O)cc1.CC(C)Cc1ccccc1.CC(C)Cc1ccncc1.CC(C)Cc1nccs1.CC(C)c1ccc(F)cn1.CC(C)c1ccccc1.CC(C)c1nc2c(s1)CCCC2.COc1cc(CC(C)C)cc(OC)c1.COc1ccccc1C(C)C. The third-order valence-electron chi connectivity index (χ3n) is 33.3. The number of hydrogen-bond donors (Lipinski definition) is 1. The maximum Gasteiger partial charge on any atom is 0.457 e. The molecule has 10 bridgehead atoms. The normalized spacial score (nSPS) is 23.9. The highest BCUT2D eigenvalue weighted by Gasteiger charge is 2.68. The topological polar surface area (TPSA) is 127 Å². The zero-order valence-corrected chi connectivity index (χ0v) is 100. The van der Waals surface area contributed by atoms with E-state index in [1.54, 1.807) is 126 Å². The third-order valence-corrected chi connectivity index (χ3v) is 35.5. The molecule has 0 radical (unpaired) electrons. The van der Waals surface area contributed by atoms with Gasteiger partial charge in [-0.1, -0.05) is 299 Å². The van der Waals surface area contributed by atoms with Gasteiger partial charge in [0.1, 0.15) is 28.8 Å². The Hall–Kier alpha value is -7.27. The summed E-state index contributed by atoms with van der Waals surface area (Å²) >= 11 is 3.67. The number of phenols is 1. The van der Waals surface area contributed by atoms with Crippen molar-refractivity contribution in [1.29, 1.82) is 0 Å². The maximum absolute atomic E-state index is 12.3. The van der Waals surface area contributed by atoms with E-state index in [0.717, 1.165) is 155 Å². The highest BCUT2D eigenvalue weighted by atomic mass is 32.1. The van der Waals surface area contributed by atoms with Crippen molar-refractivity contribution < 1.29 is 37.8 Å². The lowest BCUT2D eigenvalue weighted by atomic mass is 9.42. The standard InChI is InChI=1S/C14H25BO2.C14H24.C12H18O2.C12H20.C10H15NS.2C10H14O.C10H14.C9H13N.C9H12.C8H10FN.C7H11NS.C7H14O/c1-9(2)8-15-16-12-7-10-6-11(13(10,3)4)14(12,5)17-15;1-10(2)14-7-11-4-12(8-14)6-13(3,5-11)9-14;1-9(2)5-10-6-11(13-3)8-12(7-10)14-4;1-8(2)12-6-9-3-10(7-12)5-11(12)4-9;1-7(2)10-11-8-5-3-4-6-9(8)12-10;1-8(2)9-6-4-5-7-10(9)11-3;1-8(2)7-9-3-5-10(11)6-4-9;1-9(2)8-10-6-4-3-5-7-10;1-8(2)7-9-3-5-10-6-4-9;1-8(2)9-6-4-3-5-7-9;1-6(2)8-4-3-7(9)5-10-8;1-6(2)5-7-8-3-4-9-7;1-6(2)7(3)4-8-5-7/h9-12H,6-8H2,1-5H3;10-12H,4-9H2,1-3H3;6-9H,5H2,1-4H3;8-11H,3-7H2,1-2H3;7H,3-6H2,1-2H3;4-8H,1-3H3;3-6,8,11H,7H2,1-2H3;3-7,9H,8H2,1-2H3;3-6,8H,7H2,1-2H3;3-8H,1-2H3;3-6H,1-2H3;3-4,6H,5H2,1-2H3;6H,4-5H2,1-3H3/t10-,11-,12+,14-;;;;;;;;;;;;/m0............/s1. The second-order valence-corrected chi connectivity index (χ2v) is 53.6. The molecule has 1 N–H and O–H groups in total. The molecule has 5 aromatic carbocycles. The fraction of sp³-hybridized carbons (Fsp3) is 0.652. The number of aromatic nitrogens is 4. The predicted octanol–water partition coefficient (Wildman–Crippen LogP) is 36.9. The lowest BCUT2D eigenvalue weighted by Crippen LogP contribution is -2.65. The van der Waals surface area contributed by atoms with Crippen molar-refractivity contribution >= 4 is 29.8 Å². The molecule has 9 aromatic rings. The number of ether oxygens (including phenoxy) is 4. The Balaban J connectivity index is 0.000000195. The van der Waals surface area contributed by atoms with Crippen LogP contribution >= 0.6 is 22.7 Å². The van der Waals surface area contributed by atoms with Crippen LogP contribution in [0.4, 0.5) is 4.39 Å². The Kier molecular flexibility index (Phi) is 50.8.